The minimum absolute atomic E-state index is 0.107. The Kier molecular flexibility index (Phi) is 52.4. The smallest absolute Gasteiger partial charge is 0.306 e. The molecule has 6 heteroatoms. The Bertz CT molecular complexity index is 1300. The minimum Gasteiger partial charge on any atom is -0.462 e. The number of hydrogen-bond donors (Lipinski definition) is 0. The average Bonchev–Trinajstić information content (AvgIpc) is 3.33. The molecule has 0 saturated carbocycles. The summed E-state index contributed by atoms with van der Waals surface area (Å²) in [5, 5.41) is 0. The Hall–Kier alpha value is -3.41. The van der Waals surface area contributed by atoms with Crippen LogP contribution in [0.15, 0.2) is 85.1 Å². The van der Waals surface area contributed by atoms with Crippen molar-refractivity contribution in [1.29, 1.82) is 0 Å². The maximum atomic E-state index is 12.8. The Morgan fingerprint density at radius 2 is 0.552 bits per heavy atom. The number of ether oxygens (including phenoxy) is 3. The molecule has 0 spiro atoms. The number of allylic oxidation sites excluding steroid dienone is 14. The summed E-state index contributed by atoms with van der Waals surface area (Å²) >= 11 is 0. The van der Waals surface area contributed by atoms with Gasteiger partial charge < -0.3 is 14.2 Å². The van der Waals surface area contributed by atoms with Crippen LogP contribution in [0.5, 0.6) is 0 Å². The first kappa shape index (κ1) is 63.6. The van der Waals surface area contributed by atoms with Crippen molar-refractivity contribution >= 4 is 17.9 Å². The Morgan fingerprint density at radius 3 is 0.940 bits per heavy atom. The van der Waals surface area contributed by atoms with E-state index in [0.717, 1.165) is 83.5 Å². The molecule has 6 nitrogen and oxygen atoms in total. The highest BCUT2D eigenvalue weighted by molar-refractivity contribution is 5.71. The molecule has 0 aliphatic rings. The molecule has 0 saturated heterocycles. The monoisotopic (exact) mass is 933 g/mol. The fraction of sp³-hybridized carbons (Fsp3) is 0.721. The fourth-order valence-corrected chi connectivity index (χ4v) is 7.62. The van der Waals surface area contributed by atoms with Gasteiger partial charge in [0.25, 0.3) is 0 Å². The lowest BCUT2D eigenvalue weighted by Crippen LogP contribution is -2.30. The van der Waals surface area contributed by atoms with Gasteiger partial charge in [-0.2, -0.15) is 0 Å². The zero-order valence-electron chi connectivity index (χ0n) is 43.9. The van der Waals surface area contributed by atoms with Gasteiger partial charge in [-0.05, 0) is 96.3 Å². The second kappa shape index (κ2) is 55.2. The quantitative estimate of drug-likeness (QED) is 0.0262. The van der Waals surface area contributed by atoms with Gasteiger partial charge in [-0.1, -0.05) is 234 Å². The highest BCUT2D eigenvalue weighted by Gasteiger charge is 2.19. The van der Waals surface area contributed by atoms with E-state index in [2.05, 4.69) is 106 Å². The summed E-state index contributed by atoms with van der Waals surface area (Å²) in [4.78, 5) is 38.1. The van der Waals surface area contributed by atoms with Crippen molar-refractivity contribution in [2.24, 2.45) is 0 Å². The predicted molar refractivity (Wildman–Crippen MR) is 288 cm³/mol. The maximum absolute atomic E-state index is 12.8. The molecular weight excluding hydrogens is 829 g/mol. The van der Waals surface area contributed by atoms with Crippen molar-refractivity contribution in [3.63, 3.8) is 0 Å². The summed E-state index contributed by atoms with van der Waals surface area (Å²) in [5.41, 5.74) is 0. The number of carbonyl (C=O) groups is 3. The molecule has 0 rings (SSSR count). The maximum Gasteiger partial charge on any atom is 0.306 e. The second-order valence-corrected chi connectivity index (χ2v) is 18.5. The molecule has 384 valence electrons. The first-order valence-corrected chi connectivity index (χ1v) is 28.1. The van der Waals surface area contributed by atoms with Crippen molar-refractivity contribution < 1.29 is 28.6 Å². The molecule has 0 aliphatic carbocycles. The van der Waals surface area contributed by atoms with Crippen LogP contribution >= 0.6 is 0 Å². The largest absolute Gasteiger partial charge is 0.462 e. The summed E-state index contributed by atoms with van der Waals surface area (Å²) in [5.74, 6) is -0.984. The van der Waals surface area contributed by atoms with Gasteiger partial charge in [0.05, 0.1) is 0 Å². The lowest BCUT2D eigenvalue weighted by molar-refractivity contribution is -0.167. The molecule has 0 heterocycles. The van der Waals surface area contributed by atoms with Gasteiger partial charge in [0.15, 0.2) is 6.10 Å². The highest BCUT2D eigenvalue weighted by Crippen LogP contribution is 2.15. The number of unbranched alkanes of at least 4 members (excludes halogenated alkanes) is 25. The molecule has 1 atom stereocenters. The Morgan fingerprint density at radius 1 is 0.299 bits per heavy atom. The Labute approximate surface area is 414 Å². The van der Waals surface area contributed by atoms with Gasteiger partial charge in [0, 0.05) is 19.3 Å². The van der Waals surface area contributed by atoms with Gasteiger partial charge in [-0.25, -0.2) is 0 Å². The third-order valence-corrected chi connectivity index (χ3v) is 11.9. The van der Waals surface area contributed by atoms with Gasteiger partial charge in [-0.3, -0.25) is 14.4 Å². The van der Waals surface area contributed by atoms with Crippen molar-refractivity contribution in [3.05, 3.63) is 85.1 Å². The highest BCUT2D eigenvalue weighted by atomic mass is 16.6. The van der Waals surface area contributed by atoms with Crippen molar-refractivity contribution in [2.75, 3.05) is 13.2 Å². The summed E-state index contributed by atoms with van der Waals surface area (Å²) < 4.78 is 16.8. The van der Waals surface area contributed by atoms with Crippen LogP contribution < -0.4 is 0 Å². The molecule has 67 heavy (non-hydrogen) atoms. The molecule has 0 aromatic heterocycles. The van der Waals surface area contributed by atoms with Gasteiger partial charge in [0.2, 0.25) is 0 Å². The van der Waals surface area contributed by atoms with Crippen LogP contribution in [0.1, 0.15) is 265 Å². The molecule has 0 aliphatic heterocycles. The topological polar surface area (TPSA) is 78.9 Å². The molecular formula is C61H104O6. The third kappa shape index (κ3) is 53.4. The number of esters is 3. The number of carbonyl (C=O) groups excluding carboxylic acids is 3. The van der Waals surface area contributed by atoms with Crippen LogP contribution in [-0.4, -0.2) is 37.2 Å². The lowest BCUT2D eigenvalue weighted by atomic mass is 10.0. The number of rotatable bonds is 50. The van der Waals surface area contributed by atoms with E-state index in [1.165, 1.54) is 135 Å². The second-order valence-electron chi connectivity index (χ2n) is 18.5. The summed E-state index contributed by atoms with van der Waals surface area (Å²) in [7, 11) is 0. The van der Waals surface area contributed by atoms with E-state index in [4.69, 9.17) is 14.2 Å². The van der Waals surface area contributed by atoms with Crippen LogP contribution in [0.4, 0.5) is 0 Å². The SMILES string of the molecule is CCCCC/C=C\C/C=C\C/C=C\C/C=C\CCCCCC(=O)OC[C@H](COC(=O)CCC/C=C\C/C=C\C/C=C\CCCCCCCC)OC(=O)CCCCCCCCCCCCCCC. The molecule has 0 amide bonds. The van der Waals surface area contributed by atoms with E-state index in [0.29, 0.717) is 19.3 Å². The molecule has 0 fully saturated rings. The first-order valence-electron chi connectivity index (χ1n) is 28.1. The van der Waals surface area contributed by atoms with Crippen molar-refractivity contribution in [2.45, 2.75) is 271 Å². The summed E-state index contributed by atoms with van der Waals surface area (Å²) in [6.45, 7) is 6.54. The molecule has 0 aromatic carbocycles. The van der Waals surface area contributed by atoms with Gasteiger partial charge in [-0.15, -0.1) is 0 Å². The minimum atomic E-state index is -0.808. The van der Waals surface area contributed by atoms with Crippen LogP contribution in [0.25, 0.3) is 0 Å². The zero-order valence-corrected chi connectivity index (χ0v) is 43.9. The van der Waals surface area contributed by atoms with Crippen LogP contribution in [0, 0.1) is 0 Å². The van der Waals surface area contributed by atoms with Gasteiger partial charge in [0.1, 0.15) is 13.2 Å². The lowest BCUT2D eigenvalue weighted by Gasteiger charge is -2.18. The molecule has 0 unspecified atom stereocenters. The van der Waals surface area contributed by atoms with Crippen LogP contribution in [0.3, 0.4) is 0 Å². The van der Waals surface area contributed by atoms with Gasteiger partial charge >= 0.3 is 17.9 Å². The standard InChI is InChI=1S/C61H104O6/c1-4-7-10-13-16-19-22-25-27-29-30-32-34-37-39-42-45-48-51-54-60(63)66-57-58(67-61(64)55-52-49-46-43-40-35-24-21-18-15-12-9-6-3)56-65-59(62)53-50-47-44-41-38-36-33-31-28-26-23-20-17-14-11-8-5-2/h16,19,25-28,30,32-33,36-37,39,41,44,58H,4-15,17-18,20-24,29,31,34-35,38,40,42-43,45-57H2,1-3H3/b19-16-,27-25-,28-26-,32-30-,36-33-,39-37-,44-41-/t58-/m0/s1. The van der Waals surface area contributed by atoms with E-state index in [9.17, 15) is 14.4 Å². The molecule has 0 N–H and O–H groups in total. The summed E-state index contributed by atoms with van der Waals surface area (Å²) in [6, 6.07) is 0. The van der Waals surface area contributed by atoms with Crippen LogP contribution in [-0.2, 0) is 28.6 Å². The molecule has 0 aromatic rings. The van der Waals surface area contributed by atoms with Crippen molar-refractivity contribution in [1.82, 2.24) is 0 Å². The fourth-order valence-electron chi connectivity index (χ4n) is 7.62. The predicted octanol–water partition coefficient (Wildman–Crippen LogP) is 18.8. The number of hydrogen-bond acceptors (Lipinski definition) is 6. The normalized spacial score (nSPS) is 12.7. The first-order chi connectivity index (χ1) is 33.0. The van der Waals surface area contributed by atoms with E-state index in [-0.39, 0.29) is 37.5 Å². The van der Waals surface area contributed by atoms with Crippen LogP contribution in [0.2, 0.25) is 0 Å². The van der Waals surface area contributed by atoms with E-state index >= 15 is 0 Å². The molecule has 0 radical (unpaired) electrons. The van der Waals surface area contributed by atoms with Crippen molar-refractivity contribution in [3.8, 4) is 0 Å². The molecule has 0 bridgehead atoms. The zero-order chi connectivity index (χ0) is 48.6. The van der Waals surface area contributed by atoms with E-state index in [1.807, 2.05) is 0 Å². The average molecular weight is 933 g/mol. The van der Waals surface area contributed by atoms with E-state index in [1.54, 1.807) is 0 Å². The summed E-state index contributed by atoms with van der Waals surface area (Å²) in [6.07, 6.45) is 71.4. The Balaban J connectivity index is 4.49. The van der Waals surface area contributed by atoms with E-state index < -0.39 is 6.10 Å². The third-order valence-electron chi connectivity index (χ3n) is 11.9.